The summed E-state index contributed by atoms with van der Waals surface area (Å²) in [7, 11) is 0. The molecule has 0 aliphatic carbocycles. The second-order valence-electron chi connectivity index (χ2n) is 5.23. The number of hydrogen-bond acceptors (Lipinski definition) is 3. The summed E-state index contributed by atoms with van der Waals surface area (Å²) in [6.45, 7) is 0.827. The minimum Gasteiger partial charge on any atom is -0.475 e. The van der Waals surface area contributed by atoms with Crippen molar-refractivity contribution in [3.8, 4) is 0 Å². The third-order valence-electron chi connectivity index (χ3n) is 3.97. The third kappa shape index (κ3) is 1.91. The number of Topliss-reactive ketones (excluding diaryl/α,β-unsaturated/α-hetero) is 1. The van der Waals surface area contributed by atoms with Gasteiger partial charge in [-0.3, -0.25) is 4.79 Å². The van der Waals surface area contributed by atoms with E-state index in [1.165, 1.54) is 0 Å². The lowest BCUT2D eigenvalue weighted by Crippen LogP contribution is -2.13. The van der Waals surface area contributed by atoms with Crippen molar-refractivity contribution in [2.75, 3.05) is 6.61 Å². The number of aromatic nitrogens is 1. The smallest absolute Gasteiger partial charge is 0.377 e. The number of rotatable bonds is 3. The lowest BCUT2D eigenvalue weighted by molar-refractivity contribution is -0.131. The lowest BCUT2D eigenvalue weighted by Gasteiger charge is -2.10. The fourth-order valence-electron chi connectivity index (χ4n) is 2.97. The van der Waals surface area contributed by atoms with Crippen LogP contribution < -0.4 is 0 Å². The number of nitrogens with zero attached hydrogens (tertiary/aromatic N) is 1. The van der Waals surface area contributed by atoms with E-state index in [-0.39, 0.29) is 18.1 Å². The molecular weight excluding hydrogens is 258 g/mol. The summed E-state index contributed by atoms with van der Waals surface area (Å²) >= 11 is 0. The molecule has 0 fully saturated rings. The average molecular weight is 273 g/mol. The van der Waals surface area contributed by atoms with E-state index in [9.17, 15) is 14.7 Å². The van der Waals surface area contributed by atoms with Gasteiger partial charge in [-0.1, -0.05) is 18.2 Å². The van der Waals surface area contributed by atoms with Gasteiger partial charge in [-0.05, 0) is 24.3 Å². The van der Waals surface area contributed by atoms with Crippen molar-refractivity contribution < 1.29 is 19.8 Å². The highest BCUT2D eigenvalue weighted by Gasteiger charge is 2.24. The monoisotopic (exact) mass is 273 g/mol. The van der Waals surface area contributed by atoms with Gasteiger partial charge in [0.1, 0.15) is 0 Å². The van der Waals surface area contributed by atoms with Crippen LogP contribution in [0.15, 0.2) is 24.4 Å². The lowest BCUT2D eigenvalue weighted by atomic mass is 9.96. The van der Waals surface area contributed by atoms with Crippen LogP contribution >= 0.6 is 0 Å². The van der Waals surface area contributed by atoms with Crippen LogP contribution in [0.3, 0.4) is 0 Å². The third-order valence-corrected chi connectivity index (χ3v) is 3.97. The molecule has 1 aliphatic rings. The molecule has 1 atom stereocenters. The molecule has 20 heavy (non-hydrogen) atoms. The Labute approximate surface area is 115 Å². The molecule has 0 bridgehead atoms. The number of benzene rings is 1. The number of carboxylic acid groups (broad SMARTS) is 1. The molecule has 0 amide bonds. The molecule has 0 saturated heterocycles. The van der Waals surface area contributed by atoms with Crippen LogP contribution in [-0.2, 0) is 17.8 Å². The van der Waals surface area contributed by atoms with Gasteiger partial charge < -0.3 is 14.8 Å². The normalized spacial score (nSPS) is 17.9. The first kappa shape index (κ1) is 12.9. The standard InChI is InChI=1S/C15H15NO4/c17-8-9-4-5-16-7-12(14(18)15(19)20)11-3-1-2-10(6-9)13(11)16/h1-3,7,9,17H,4-6,8H2,(H,19,20). The second-order valence-corrected chi connectivity index (χ2v) is 5.23. The predicted molar refractivity (Wildman–Crippen MR) is 72.8 cm³/mol. The molecule has 3 rings (SSSR count). The Kier molecular flexibility index (Phi) is 3.06. The predicted octanol–water partition coefficient (Wildman–Crippen LogP) is 1.46. The van der Waals surface area contributed by atoms with Gasteiger partial charge >= 0.3 is 5.97 Å². The van der Waals surface area contributed by atoms with Crippen molar-refractivity contribution in [3.63, 3.8) is 0 Å². The van der Waals surface area contributed by atoms with E-state index in [4.69, 9.17) is 5.11 Å². The van der Waals surface area contributed by atoms with Gasteiger partial charge in [-0.25, -0.2) is 4.79 Å². The van der Waals surface area contributed by atoms with Crippen LogP contribution in [0.25, 0.3) is 10.9 Å². The Hall–Kier alpha value is -2.14. The summed E-state index contributed by atoms with van der Waals surface area (Å²) < 4.78 is 1.94. The Morgan fingerprint density at radius 1 is 1.35 bits per heavy atom. The Balaban J connectivity index is 2.20. The van der Waals surface area contributed by atoms with Gasteiger partial charge in [0.25, 0.3) is 5.78 Å². The first-order chi connectivity index (χ1) is 9.61. The molecule has 104 valence electrons. The highest BCUT2D eigenvalue weighted by Crippen LogP contribution is 2.30. The van der Waals surface area contributed by atoms with Crippen LogP contribution in [0.5, 0.6) is 0 Å². The van der Waals surface area contributed by atoms with E-state index < -0.39 is 11.8 Å². The number of aliphatic hydroxyl groups excluding tert-OH is 1. The Bertz CT molecular complexity index is 701. The maximum atomic E-state index is 11.8. The minimum atomic E-state index is -1.43. The number of aliphatic carboxylic acids is 1. The van der Waals surface area contributed by atoms with Crippen LogP contribution in [-0.4, -0.2) is 33.1 Å². The number of para-hydroxylation sites is 1. The van der Waals surface area contributed by atoms with Crippen molar-refractivity contribution >= 4 is 22.7 Å². The molecular formula is C15H15NO4. The molecule has 1 unspecified atom stereocenters. The molecule has 0 saturated carbocycles. The summed E-state index contributed by atoms with van der Waals surface area (Å²) in [5.74, 6) is -2.09. The molecule has 0 radical (unpaired) electrons. The molecule has 2 N–H and O–H groups in total. The van der Waals surface area contributed by atoms with E-state index in [0.717, 1.165) is 23.9 Å². The molecule has 0 spiro atoms. The summed E-state index contributed by atoms with van der Waals surface area (Å²) in [4.78, 5) is 22.7. The average Bonchev–Trinajstić information content (AvgIpc) is 2.71. The number of hydrogen-bond donors (Lipinski definition) is 2. The second kappa shape index (κ2) is 4.76. The molecule has 1 aromatic carbocycles. The fraction of sp³-hybridized carbons (Fsp3) is 0.333. The SMILES string of the molecule is O=C(O)C(=O)c1cn2c3c(cccc13)CC(CO)CC2. The van der Waals surface area contributed by atoms with E-state index in [1.807, 2.05) is 16.7 Å². The molecule has 5 nitrogen and oxygen atoms in total. The quantitative estimate of drug-likeness (QED) is 0.655. The molecule has 5 heteroatoms. The summed E-state index contributed by atoms with van der Waals surface area (Å²) in [5, 5.41) is 19.0. The number of aliphatic hydroxyl groups is 1. The maximum absolute atomic E-state index is 11.8. The van der Waals surface area contributed by atoms with Gasteiger partial charge in [0, 0.05) is 24.7 Å². The molecule has 1 aromatic heterocycles. The van der Waals surface area contributed by atoms with Gasteiger partial charge in [0.15, 0.2) is 0 Å². The molecule has 1 aliphatic heterocycles. The largest absolute Gasteiger partial charge is 0.475 e. The number of carbonyl (C=O) groups is 2. The highest BCUT2D eigenvalue weighted by molar-refractivity contribution is 6.42. The van der Waals surface area contributed by atoms with E-state index in [1.54, 1.807) is 12.3 Å². The fourth-order valence-corrected chi connectivity index (χ4v) is 2.97. The van der Waals surface area contributed by atoms with Crippen molar-refractivity contribution in [1.82, 2.24) is 4.57 Å². The van der Waals surface area contributed by atoms with Crippen LogP contribution in [0.2, 0.25) is 0 Å². The number of carboxylic acids is 1. The van der Waals surface area contributed by atoms with Crippen LogP contribution in [0.1, 0.15) is 22.3 Å². The van der Waals surface area contributed by atoms with Gasteiger partial charge in [-0.15, -0.1) is 0 Å². The number of ketones is 1. The topological polar surface area (TPSA) is 79.5 Å². The van der Waals surface area contributed by atoms with Gasteiger partial charge in [-0.2, -0.15) is 0 Å². The summed E-state index contributed by atoms with van der Waals surface area (Å²) in [6, 6.07) is 5.59. The first-order valence-electron chi connectivity index (χ1n) is 6.61. The number of aryl methyl sites for hydroxylation is 1. The van der Waals surface area contributed by atoms with Crippen LogP contribution in [0.4, 0.5) is 0 Å². The first-order valence-corrected chi connectivity index (χ1v) is 6.61. The van der Waals surface area contributed by atoms with Crippen molar-refractivity contribution in [1.29, 1.82) is 0 Å². The molecule has 2 aromatic rings. The Morgan fingerprint density at radius 3 is 2.85 bits per heavy atom. The minimum absolute atomic E-state index is 0.141. The van der Waals surface area contributed by atoms with E-state index in [0.29, 0.717) is 11.9 Å². The van der Waals surface area contributed by atoms with Crippen LogP contribution in [0, 0.1) is 5.92 Å². The maximum Gasteiger partial charge on any atom is 0.377 e. The molecule has 2 heterocycles. The van der Waals surface area contributed by atoms with Gasteiger partial charge in [0.05, 0.1) is 11.1 Å². The summed E-state index contributed by atoms with van der Waals surface area (Å²) in [5.41, 5.74) is 2.23. The Morgan fingerprint density at radius 2 is 2.15 bits per heavy atom. The van der Waals surface area contributed by atoms with E-state index >= 15 is 0 Å². The zero-order valence-corrected chi connectivity index (χ0v) is 10.9. The zero-order valence-electron chi connectivity index (χ0n) is 10.9. The van der Waals surface area contributed by atoms with Crippen molar-refractivity contribution in [3.05, 3.63) is 35.5 Å². The highest BCUT2D eigenvalue weighted by atomic mass is 16.4. The zero-order chi connectivity index (χ0) is 14.3. The number of carbonyl (C=O) groups excluding carboxylic acids is 1. The summed E-state index contributed by atoms with van der Waals surface area (Å²) in [6.07, 6.45) is 3.19. The van der Waals surface area contributed by atoms with Gasteiger partial charge in [0.2, 0.25) is 0 Å². The van der Waals surface area contributed by atoms with E-state index in [2.05, 4.69) is 0 Å². The van der Waals surface area contributed by atoms with Crippen molar-refractivity contribution in [2.45, 2.75) is 19.4 Å². The van der Waals surface area contributed by atoms with Crippen molar-refractivity contribution in [2.24, 2.45) is 5.92 Å².